The van der Waals surface area contributed by atoms with Crippen LogP contribution >= 0.6 is 0 Å². The molecule has 0 spiro atoms. The molecule has 1 rings (SSSR count). The van der Waals surface area contributed by atoms with Crippen molar-refractivity contribution < 1.29 is 9.59 Å². The first-order valence-corrected chi connectivity index (χ1v) is 6.79. The number of likely N-dealkylation sites (N-methyl/N-ethyl adjacent to an activating group) is 1. The van der Waals surface area contributed by atoms with Gasteiger partial charge in [0.1, 0.15) is 6.04 Å². The Kier molecular flexibility index (Phi) is 5.59. The molecule has 1 saturated carbocycles. The highest BCUT2D eigenvalue weighted by Crippen LogP contribution is 2.29. The van der Waals surface area contributed by atoms with E-state index >= 15 is 0 Å². The van der Waals surface area contributed by atoms with Gasteiger partial charge in [-0.05, 0) is 39.0 Å². The van der Waals surface area contributed by atoms with Crippen LogP contribution in [0.1, 0.15) is 40.0 Å². The van der Waals surface area contributed by atoms with Crippen LogP contribution in [0.25, 0.3) is 0 Å². The predicted molar refractivity (Wildman–Crippen MR) is 70.8 cm³/mol. The Bertz CT molecular complexity index is 307. The van der Waals surface area contributed by atoms with E-state index in [-0.39, 0.29) is 29.7 Å². The molecule has 0 saturated heterocycles. The Balaban J connectivity index is 2.47. The van der Waals surface area contributed by atoms with Crippen LogP contribution in [0.2, 0.25) is 0 Å². The summed E-state index contributed by atoms with van der Waals surface area (Å²) in [4.78, 5) is 23.7. The molecule has 5 heteroatoms. The topological polar surface area (TPSA) is 84.2 Å². The van der Waals surface area contributed by atoms with Gasteiger partial charge in [-0.3, -0.25) is 9.59 Å². The van der Waals surface area contributed by atoms with Crippen molar-refractivity contribution in [3.63, 3.8) is 0 Å². The summed E-state index contributed by atoms with van der Waals surface area (Å²) in [6.07, 6.45) is 2.59. The van der Waals surface area contributed by atoms with Gasteiger partial charge >= 0.3 is 0 Å². The molecule has 104 valence electrons. The fraction of sp³-hybridized carbons (Fsp3) is 0.846. The molecule has 2 amide bonds. The van der Waals surface area contributed by atoms with Gasteiger partial charge in [0.05, 0.1) is 0 Å². The number of amides is 2. The maximum Gasteiger partial charge on any atom is 0.242 e. The quantitative estimate of drug-likeness (QED) is 0.679. The number of hydrogen-bond acceptors (Lipinski definition) is 3. The van der Waals surface area contributed by atoms with Gasteiger partial charge in [-0.1, -0.05) is 6.92 Å². The SMILES string of the molecule is CCNC(=O)C(C)NC(=O)C1CCC(N)CC1C. The van der Waals surface area contributed by atoms with Crippen molar-refractivity contribution in [1.29, 1.82) is 0 Å². The van der Waals surface area contributed by atoms with E-state index in [0.717, 1.165) is 19.3 Å². The van der Waals surface area contributed by atoms with Gasteiger partial charge in [-0.25, -0.2) is 0 Å². The van der Waals surface area contributed by atoms with Gasteiger partial charge in [0, 0.05) is 18.5 Å². The summed E-state index contributed by atoms with van der Waals surface area (Å²) in [6.45, 7) is 6.20. The van der Waals surface area contributed by atoms with E-state index in [1.165, 1.54) is 0 Å². The number of hydrogen-bond donors (Lipinski definition) is 3. The molecule has 4 N–H and O–H groups in total. The third kappa shape index (κ3) is 3.98. The van der Waals surface area contributed by atoms with E-state index in [1.807, 2.05) is 6.92 Å². The van der Waals surface area contributed by atoms with Crippen molar-refractivity contribution in [3.05, 3.63) is 0 Å². The lowest BCUT2D eigenvalue weighted by Gasteiger charge is -2.32. The second-order valence-corrected chi connectivity index (χ2v) is 5.28. The van der Waals surface area contributed by atoms with Gasteiger partial charge in [0.2, 0.25) is 11.8 Å². The monoisotopic (exact) mass is 255 g/mol. The van der Waals surface area contributed by atoms with Crippen LogP contribution in [0.15, 0.2) is 0 Å². The Hall–Kier alpha value is -1.10. The summed E-state index contributed by atoms with van der Waals surface area (Å²) in [5.41, 5.74) is 5.88. The average Bonchev–Trinajstić information content (AvgIpc) is 2.28. The molecule has 5 nitrogen and oxygen atoms in total. The zero-order valence-corrected chi connectivity index (χ0v) is 11.5. The molecule has 0 aromatic rings. The van der Waals surface area contributed by atoms with Crippen LogP contribution in [-0.2, 0) is 9.59 Å². The minimum Gasteiger partial charge on any atom is -0.355 e. The normalized spacial score (nSPS) is 29.4. The zero-order chi connectivity index (χ0) is 13.7. The maximum absolute atomic E-state index is 12.1. The first kappa shape index (κ1) is 15.0. The van der Waals surface area contributed by atoms with Crippen molar-refractivity contribution in [2.45, 2.75) is 52.1 Å². The summed E-state index contributed by atoms with van der Waals surface area (Å²) < 4.78 is 0. The molecule has 1 fully saturated rings. The molecule has 0 aromatic heterocycles. The lowest BCUT2D eigenvalue weighted by molar-refractivity contribution is -0.132. The molecule has 4 unspecified atom stereocenters. The van der Waals surface area contributed by atoms with Gasteiger partial charge in [0.15, 0.2) is 0 Å². The van der Waals surface area contributed by atoms with E-state index in [2.05, 4.69) is 17.6 Å². The highest BCUT2D eigenvalue weighted by atomic mass is 16.2. The van der Waals surface area contributed by atoms with Gasteiger partial charge in [-0.2, -0.15) is 0 Å². The Labute approximate surface area is 109 Å². The smallest absolute Gasteiger partial charge is 0.242 e. The average molecular weight is 255 g/mol. The Morgan fingerprint density at radius 1 is 1.39 bits per heavy atom. The number of carbonyl (C=O) groups excluding carboxylic acids is 2. The van der Waals surface area contributed by atoms with Gasteiger partial charge in [0.25, 0.3) is 0 Å². The summed E-state index contributed by atoms with van der Waals surface area (Å²) in [7, 11) is 0. The summed E-state index contributed by atoms with van der Waals surface area (Å²) in [5.74, 6) is 0.121. The van der Waals surface area contributed by atoms with Gasteiger partial charge < -0.3 is 16.4 Å². The number of nitrogens with two attached hydrogens (primary N) is 1. The second kappa shape index (κ2) is 6.73. The molecule has 18 heavy (non-hydrogen) atoms. The van der Waals surface area contributed by atoms with Crippen LogP contribution < -0.4 is 16.4 Å². The third-order valence-corrected chi connectivity index (χ3v) is 3.65. The van der Waals surface area contributed by atoms with Crippen molar-refractivity contribution >= 4 is 11.8 Å². The number of rotatable bonds is 4. The second-order valence-electron chi connectivity index (χ2n) is 5.28. The highest BCUT2D eigenvalue weighted by Gasteiger charge is 2.32. The maximum atomic E-state index is 12.1. The molecular formula is C13H25N3O2. The molecule has 0 aromatic carbocycles. The lowest BCUT2D eigenvalue weighted by Crippen LogP contribution is -2.49. The molecule has 0 radical (unpaired) electrons. The van der Waals surface area contributed by atoms with Crippen LogP contribution in [0.3, 0.4) is 0 Å². The standard InChI is InChI=1S/C13H25N3O2/c1-4-15-12(17)9(3)16-13(18)11-6-5-10(14)7-8(11)2/h8-11H,4-7,14H2,1-3H3,(H,15,17)(H,16,18). The molecule has 0 heterocycles. The molecule has 1 aliphatic carbocycles. The van der Waals surface area contributed by atoms with E-state index in [4.69, 9.17) is 5.73 Å². The molecule has 0 aliphatic heterocycles. The van der Waals surface area contributed by atoms with Crippen LogP contribution in [0.4, 0.5) is 0 Å². The Morgan fingerprint density at radius 3 is 2.61 bits per heavy atom. The number of carbonyl (C=O) groups is 2. The highest BCUT2D eigenvalue weighted by molar-refractivity contribution is 5.88. The van der Waals surface area contributed by atoms with Crippen LogP contribution in [0, 0.1) is 11.8 Å². The number of nitrogens with one attached hydrogen (secondary N) is 2. The predicted octanol–water partition coefficient (Wildman–Crippen LogP) is 0.391. The summed E-state index contributed by atoms with van der Waals surface area (Å²) in [6, 6.07) is -0.259. The fourth-order valence-corrected chi connectivity index (χ4v) is 2.54. The first-order valence-electron chi connectivity index (χ1n) is 6.79. The lowest BCUT2D eigenvalue weighted by atomic mass is 9.77. The van der Waals surface area contributed by atoms with Crippen molar-refractivity contribution in [2.75, 3.05) is 6.54 Å². The largest absolute Gasteiger partial charge is 0.355 e. The fourth-order valence-electron chi connectivity index (χ4n) is 2.54. The summed E-state index contributed by atoms with van der Waals surface area (Å²) in [5, 5.41) is 5.49. The molecule has 4 atom stereocenters. The Morgan fingerprint density at radius 2 is 2.06 bits per heavy atom. The van der Waals surface area contributed by atoms with Crippen molar-refractivity contribution in [1.82, 2.24) is 10.6 Å². The van der Waals surface area contributed by atoms with E-state index in [1.54, 1.807) is 6.92 Å². The molecule has 1 aliphatic rings. The molecule has 0 bridgehead atoms. The van der Waals surface area contributed by atoms with E-state index < -0.39 is 6.04 Å². The van der Waals surface area contributed by atoms with Gasteiger partial charge in [-0.15, -0.1) is 0 Å². The van der Waals surface area contributed by atoms with Crippen LogP contribution in [-0.4, -0.2) is 30.4 Å². The third-order valence-electron chi connectivity index (χ3n) is 3.65. The van der Waals surface area contributed by atoms with Crippen molar-refractivity contribution in [3.8, 4) is 0 Å². The van der Waals surface area contributed by atoms with Crippen LogP contribution in [0.5, 0.6) is 0 Å². The first-order chi connectivity index (χ1) is 8.45. The summed E-state index contributed by atoms with van der Waals surface area (Å²) >= 11 is 0. The van der Waals surface area contributed by atoms with E-state index in [0.29, 0.717) is 6.54 Å². The van der Waals surface area contributed by atoms with Crippen molar-refractivity contribution in [2.24, 2.45) is 17.6 Å². The van der Waals surface area contributed by atoms with E-state index in [9.17, 15) is 9.59 Å². The zero-order valence-electron chi connectivity index (χ0n) is 11.5. The molecular weight excluding hydrogens is 230 g/mol. The minimum absolute atomic E-state index is 0.0123. The minimum atomic E-state index is -0.472.